The van der Waals surface area contributed by atoms with Gasteiger partial charge < -0.3 is 16.0 Å². The van der Waals surface area contributed by atoms with Crippen LogP contribution in [0.1, 0.15) is 16.1 Å². The summed E-state index contributed by atoms with van der Waals surface area (Å²) in [5, 5.41) is 2.76. The third kappa shape index (κ3) is 2.38. The number of hydrogen-bond donors (Lipinski definition) is 3. The standard InChI is InChI=1S/C11H12N4O/c12-9-4-10(14-7-9)11(16)15-6-8-2-1-3-13-5-8/h1-5,7,14H,6,12H2,(H,15,16). The van der Waals surface area contributed by atoms with Crippen LogP contribution in [0.15, 0.2) is 36.8 Å². The number of nitrogens with two attached hydrogens (primary N) is 1. The van der Waals surface area contributed by atoms with Crippen molar-refractivity contribution in [3.8, 4) is 0 Å². The van der Waals surface area contributed by atoms with Crippen LogP contribution in [-0.4, -0.2) is 15.9 Å². The van der Waals surface area contributed by atoms with Crippen molar-refractivity contribution in [3.63, 3.8) is 0 Å². The summed E-state index contributed by atoms with van der Waals surface area (Å²) in [5.41, 5.74) is 7.46. The number of nitrogen functional groups attached to an aromatic ring is 1. The highest BCUT2D eigenvalue weighted by molar-refractivity contribution is 5.93. The van der Waals surface area contributed by atoms with Gasteiger partial charge in [0.05, 0.1) is 0 Å². The molecule has 1 amide bonds. The summed E-state index contributed by atoms with van der Waals surface area (Å²) in [5.74, 6) is -0.180. The third-order valence-electron chi connectivity index (χ3n) is 2.13. The monoisotopic (exact) mass is 216 g/mol. The normalized spacial score (nSPS) is 10.0. The molecule has 2 rings (SSSR count). The Morgan fingerprint density at radius 2 is 2.44 bits per heavy atom. The van der Waals surface area contributed by atoms with Gasteiger partial charge in [-0.1, -0.05) is 6.07 Å². The minimum absolute atomic E-state index is 0.180. The summed E-state index contributed by atoms with van der Waals surface area (Å²) in [4.78, 5) is 18.4. The fraction of sp³-hybridized carbons (Fsp3) is 0.0909. The quantitative estimate of drug-likeness (QED) is 0.713. The van der Waals surface area contributed by atoms with Crippen molar-refractivity contribution < 1.29 is 4.79 Å². The minimum atomic E-state index is -0.180. The second-order valence-electron chi connectivity index (χ2n) is 3.39. The average molecular weight is 216 g/mol. The highest BCUT2D eigenvalue weighted by atomic mass is 16.1. The van der Waals surface area contributed by atoms with Crippen molar-refractivity contribution in [3.05, 3.63) is 48.0 Å². The average Bonchev–Trinajstić information content (AvgIpc) is 2.74. The first-order valence-corrected chi connectivity index (χ1v) is 4.87. The first-order chi connectivity index (χ1) is 7.75. The molecule has 0 aliphatic rings. The Morgan fingerprint density at radius 3 is 3.06 bits per heavy atom. The number of rotatable bonds is 3. The molecule has 0 spiro atoms. The molecule has 82 valence electrons. The number of pyridine rings is 1. The molecule has 5 nitrogen and oxygen atoms in total. The van der Waals surface area contributed by atoms with Gasteiger partial charge in [0.25, 0.3) is 5.91 Å². The number of nitrogens with zero attached hydrogens (tertiary/aromatic N) is 1. The zero-order chi connectivity index (χ0) is 11.4. The fourth-order valence-corrected chi connectivity index (χ4v) is 1.32. The zero-order valence-corrected chi connectivity index (χ0v) is 8.60. The third-order valence-corrected chi connectivity index (χ3v) is 2.13. The van der Waals surface area contributed by atoms with Crippen LogP contribution in [0.4, 0.5) is 5.69 Å². The van der Waals surface area contributed by atoms with Gasteiger partial charge in [0.2, 0.25) is 0 Å². The van der Waals surface area contributed by atoms with Gasteiger partial charge in [-0.15, -0.1) is 0 Å². The molecular formula is C11H12N4O. The van der Waals surface area contributed by atoms with E-state index in [1.165, 1.54) is 0 Å². The van der Waals surface area contributed by atoms with Crippen LogP contribution >= 0.6 is 0 Å². The van der Waals surface area contributed by atoms with Gasteiger partial charge >= 0.3 is 0 Å². The summed E-state index contributed by atoms with van der Waals surface area (Å²) in [7, 11) is 0. The number of hydrogen-bond acceptors (Lipinski definition) is 3. The summed E-state index contributed by atoms with van der Waals surface area (Å²) < 4.78 is 0. The lowest BCUT2D eigenvalue weighted by molar-refractivity contribution is 0.0946. The molecule has 0 saturated heterocycles. The van der Waals surface area contributed by atoms with E-state index in [1.807, 2.05) is 12.1 Å². The van der Waals surface area contributed by atoms with E-state index in [-0.39, 0.29) is 5.91 Å². The first-order valence-electron chi connectivity index (χ1n) is 4.87. The number of aromatic nitrogens is 2. The number of anilines is 1. The lowest BCUT2D eigenvalue weighted by Crippen LogP contribution is -2.23. The molecule has 0 atom stereocenters. The first kappa shape index (κ1) is 10.2. The molecule has 0 radical (unpaired) electrons. The van der Waals surface area contributed by atoms with Gasteiger partial charge in [0.15, 0.2) is 0 Å². The fourth-order valence-electron chi connectivity index (χ4n) is 1.32. The Morgan fingerprint density at radius 1 is 1.56 bits per heavy atom. The summed E-state index contributed by atoms with van der Waals surface area (Å²) in [6.45, 7) is 0.450. The summed E-state index contributed by atoms with van der Waals surface area (Å²) in [6, 6.07) is 5.32. The van der Waals surface area contributed by atoms with Gasteiger partial charge in [-0.05, 0) is 17.7 Å². The number of carbonyl (C=O) groups is 1. The van der Waals surface area contributed by atoms with Gasteiger partial charge in [-0.3, -0.25) is 9.78 Å². The molecule has 0 aliphatic carbocycles. The van der Waals surface area contributed by atoms with Crippen LogP contribution in [0.5, 0.6) is 0 Å². The van der Waals surface area contributed by atoms with E-state index in [0.29, 0.717) is 17.9 Å². The second kappa shape index (κ2) is 4.48. The summed E-state index contributed by atoms with van der Waals surface area (Å²) in [6.07, 6.45) is 4.99. The predicted molar refractivity (Wildman–Crippen MR) is 60.6 cm³/mol. The molecule has 2 aromatic heterocycles. The topological polar surface area (TPSA) is 83.8 Å². The second-order valence-corrected chi connectivity index (χ2v) is 3.39. The van der Waals surface area contributed by atoms with Crippen molar-refractivity contribution in [2.24, 2.45) is 0 Å². The van der Waals surface area contributed by atoms with Crippen LogP contribution in [0, 0.1) is 0 Å². The maximum absolute atomic E-state index is 11.6. The molecular weight excluding hydrogens is 204 g/mol. The maximum Gasteiger partial charge on any atom is 0.268 e. The lowest BCUT2D eigenvalue weighted by Gasteiger charge is -2.02. The Kier molecular flexibility index (Phi) is 2.86. The summed E-state index contributed by atoms with van der Waals surface area (Å²) >= 11 is 0. The Hall–Kier alpha value is -2.30. The number of amides is 1. The van der Waals surface area contributed by atoms with Crippen molar-refractivity contribution in [1.82, 2.24) is 15.3 Å². The number of H-pyrrole nitrogens is 1. The van der Waals surface area contributed by atoms with Crippen LogP contribution in [0.2, 0.25) is 0 Å². The van der Waals surface area contributed by atoms with E-state index in [1.54, 1.807) is 24.7 Å². The zero-order valence-electron chi connectivity index (χ0n) is 8.60. The lowest BCUT2D eigenvalue weighted by atomic mass is 10.3. The van der Waals surface area contributed by atoms with Crippen molar-refractivity contribution in [2.75, 3.05) is 5.73 Å². The van der Waals surface area contributed by atoms with Crippen molar-refractivity contribution >= 4 is 11.6 Å². The molecule has 0 bridgehead atoms. The Bertz CT molecular complexity index is 478. The number of aromatic amines is 1. The van der Waals surface area contributed by atoms with Gasteiger partial charge in [-0.2, -0.15) is 0 Å². The smallest absolute Gasteiger partial charge is 0.268 e. The van der Waals surface area contributed by atoms with Crippen LogP contribution < -0.4 is 11.1 Å². The van der Waals surface area contributed by atoms with Crippen molar-refractivity contribution in [1.29, 1.82) is 0 Å². The van der Waals surface area contributed by atoms with Gasteiger partial charge in [-0.25, -0.2) is 0 Å². The highest BCUT2D eigenvalue weighted by Gasteiger charge is 2.06. The maximum atomic E-state index is 11.6. The molecule has 2 aromatic rings. The van der Waals surface area contributed by atoms with Crippen LogP contribution in [0.3, 0.4) is 0 Å². The van der Waals surface area contributed by atoms with E-state index in [2.05, 4.69) is 15.3 Å². The SMILES string of the molecule is Nc1c[nH]c(C(=O)NCc2cccnc2)c1. The molecule has 4 N–H and O–H groups in total. The van der Waals surface area contributed by atoms with E-state index in [9.17, 15) is 4.79 Å². The van der Waals surface area contributed by atoms with Crippen LogP contribution in [-0.2, 0) is 6.54 Å². The molecule has 0 aromatic carbocycles. The van der Waals surface area contributed by atoms with E-state index < -0.39 is 0 Å². The molecule has 0 fully saturated rings. The van der Waals surface area contributed by atoms with E-state index in [0.717, 1.165) is 5.56 Å². The molecule has 5 heteroatoms. The number of carbonyl (C=O) groups excluding carboxylic acids is 1. The largest absolute Gasteiger partial charge is 0.397 e. The Balaban J connectivity index is 1.94. The highest BCUT2D eigenvalue weighted by Crippen LogP contribution is 2.04. The molecule has 0 aliphatic heterocycles. The predicted octanol–water partition coefficient (Wildman–Crippen LogP) is 0.922. The van der Waals surface area contributed by atoms with Gasteiger partial charge in [0.1, 0.15) is 5.69 Å². The van der Waals surface area contributed by atoms with Crippen LogP contribution in [0.25, 0.3) is 0 Å². The van der Waals surface area contributed by atoms with Gasteiger partial charge in [0, 0.05) is 30.8 Å². The molecule has 2 heterocycles. The Labute approximate surface area is 92.7 Å². The molecule has 0 unspecified atom stereocenters. The molecule has 16 heavy (non-hydrogen) atoms. The molecule has 0 saturated carbocycles. The van der Waals surface area contributed by atoms with Crippen molar-refractivity contribution in [2.45, 2.75) is 6.54 Å². The minimum Gasteiger partial charge on any atom is -0.397 e. The number of nitrogens with one attached hydrogen (secondary N) is 2. The van der Waals surface area contributed by atoms with E-state index >= 15 is 0 Å². The van der Waals surface area contributed by atoms with E-state index in [4.69, 9.17) is 5.73 Å².